The van der Waals surface area contributed by atoms with Crippen molar-refractivity contribution in [3.8, 4) is 0 Å². The average Bonchev–Trinajstić information content (AvgIpc) is 2.14. The summed E-state index contributed by atoms with van der Waals surface area (Å²) in [5.74, 6) is 0. The molecule has 0 amide bonds. The van der Waals surface area contributed by atoms with E-state index in [1.54, 1.807) is 0 Å². The molecule has 4 nitrogen and oxygen atoms in total. The molecular weight excluding hydrogens is 236 g/mol. The lowest BCUT2D eigenvalue weighted by Crippen LogP contribution is -2.51. The van der Waals surface area contributed by atoms with E-state index >= 15 is 0 Å². The van der Waals surface area contributed by atoms with Gasteiger partial charge in [0.05, 0.1) is 6.26 Å². The first kappa shape index (κ1) is 16.9. The Bertz CT molecular complexity index is 300. The Balaban J connectivity index is 4.14. The molecule has 1 atom stereocenters. The predicted octanol–water partition coefficient (Wildman–Crippen LogP) is 1.87. The lowest BCUT2D eigenvalue weighted by molar-refractivity contribution is 0.368. The number of nitrogens with one attached hydrogen (secondary N) is 2. The summed E-state index contributed by atoms with van der Waals surface area (Å²) in [4.78, 5) is 0. The van der Waals surface area contributed by atoms with Gasteiger partial charge in [0, 0.05) is 18.1 Å². The molecule has 17 heavy (non-hydrogen) atoms. The largest absolute Gasteiger partial charge is 0.312 e. The lowest BCUT2D eigenvalue weighted by atomic mass is 10.0. The van der Waals surface area contributed by atoms with Crippen molar-refractivity contribution in [2.45, 2.75) is 65.0 Å². The standard InChI is InChI=1S/C12H28N2O2S/c1-6-8-9-11(7-2)13-10-12(3,4)14-17(5,15)16/h11,13-14H,6-10H2,1-5H3. The quantitative estimate of drug-likeness (QED) is 0.668. The summed E-state index contributed by atoms with van der Waals surface area (Å²) >= 11 is 0. The summed E-state index contributed by atoms with van der Waals surface area (Å²) in [6.45, 7) is 8.79. The fraction of sp³-hybridized carbons (Fsp3) is 1.00. The second kappa shape index (κ2) is 7.34. The molecule has 0 spiro atoms. The van der Waals surface area contributed by atoms with Gasteiger partial charge in [-0.15, -0.1) is 0 Å². The minimum absolute atomic E-state index is 0.437. The Kier molecular flexibility index (Phi) is 7.28. The number of unbranched alkanes of at least 4 members (excludes halogenated alkanes) is 1. The van der Waals surface area contributed by atoms with Gasteiger partial charge in [0.15, 0.2) is 0 Å². The van der Waals surface area contributed by atoms with Crippen molar-refractivity contribution in [1.29, 1.82) is 0 Å². The van der Waals surface area contributed by atoms with Crippen molar-refractivity contribution < 1.29 is 8.42 Å². The summed E-state index contributed by atoms with van der Waals surface area (Å²) in [5, 5.41) is 3.44. The molecule has 0 aromatic rings. The molecular formula is C12H28N2O2S. The number of hydrogen-bond donors (Lipinski definition) is 2. The molecule has 5 heteroatoms. The van der Waals surface area contributed by atoms with Crippen LogP contribution in [0.5, 0.6) is 0 Å². The summed E-state index contributed by atoms with van der Waals surface area (Å²) in [5.41, 5.74) is -0.437. The molecule has 0 rings (SSSR count). The van der Waals surface area contributed by atoms with Gasteiger partial charge in [0.25, 0.3) is 0 Å². The number of sulfonamides is 1. The summed E-state index contributed by atoms with van der Waals surface area (Å²) in [6, 6.07) is 0.482. The van der Waals surface area contributed by atoms with Gasteiger partial charge in [-0.2, -0.15) is 0 Å². The second-order valence-electron chi connectivity index (χ2n) is 5.39. The molecule has 0 fully saturated rings. The van der Waals surface area contributed by atoms with E-state index in [9.17, 15) is 8.42 Å². The first-order valence-corrected chi connectivity index (χ1v) is 8.31. The minimum Gasteiger partial charge on any atom is -0.312 e. The third-order valence-electron chi connectivity index (χ3n) is 2.69. The number of hydrogen-bond acceptors (Lipinski definition) is 3. The Morgan fingerprint density at radius 3 is 2.24 bits per heavy atom. The summed E-state index contributed by atoms with van der Waals surface area (Å²) in [6.07, 6.45) is 5.84. The second-order valence-corrected chi connectivity index (χ2v) is 7.13. The molecule has 0 saturated carbocycles. The average molecular weight is 264 g/mol. The van der Waals surface area contributed by atoms with Crippen LogP contribution in [0.3, 0.4) is 0 Å². The Labute approximate surface area is 107 Å². The van der Waals surface area contributed by atoms with E-state index in [-0.39, 0.29) is 0 Å². The lowest BCUT2D eigenvalue weighted by Gasteiger charge is -2.28. The van der Waals surface area contributed by atoms with Crippen molar-refractivity contribution in [3.05, 3.63) is 0 Å². The first-order valence-electron chi connectivity index (χ1n) is 6.42. The zero-order valence-electron chi connectivity index (χ0n) is 11.8. The zero-order valence-corrected chi connectivity index (χ0v) is 12.7. The molecule has 104 valence electrons. The van der Waals surface area contributed by atoms with Gasteiger partial charge in [-0.05, 0) is 26.7 Å². The molecule has 2 N–H and O–H groups in total. The van der Waals surface area contributed by atoms with Crippen LogP contribution in [-0.4, -0.2) is 32.8 Å². The maximum Gasteiger partial charge on any atom is 0.209 e. The van der Waals surface area contributed by atoms with Gasteiger partial charge in [0.2, 0.25) is 10.0 Å². The Hall–Kier alpha value is -0.130. The zero-order chi connectivity index (χ0) is 13.5. The molecule has 0 radical (unpaired) electrons. The predicted molar refractivity (Wildman–Crippen MR) is 73.7 cm³/mol. The fourth-order valence-electron chi connectivity index (χ4n) is 1.84. The molecule has 0 aliphatic carbocycles. The van der Waals surface area contributed by atoms with Crippen LogP contribution in [0.2, 0.25) is 0 Å². The fourth-order valence-corrected chi connectivity index (χ4v) is 2.91. The van der Waals surface area contributed by atoms with Crippen LogP contribution in [0.4, 0.5) is 0 Å². The molecule has 1 unspecified atom stereocenters. The van der Waals surface area contributed by atoms with E-state index in [0.717, 1.165) is 12.8 Å². The van der Waals surface area contributed by atoms with Crippen molar-refractivity contribution in [1.82, 2.24) is 10.0 Å². The third-order valence-corrected chi connectivity index (χ3v) is 3.62. The van der Waals surface area contributed by atoms with Crippen LogP contribution < -0.4 is 10.0 Å². The Morgan fingerprint density at radius 2 is 1.82 bits per heavy atom. The van der Waals surface area contributed by atoms with Crippen LogP contribution in [0, 0.1) is 0 Å². The normalized spacial score (nSPS) is 14.9. The van der Waals surface area contributed by atoms with Crippen molar-refractivity contribution in [2.24, 2.45) is 0 Å². The van der Waals surface area contributed by atoms with E-state index < -0.39 is 15.6 Å². The number of rotatable bonds is 9. The SMILES string of the molecule is CCCCC(CC)NCC(C)(C)NS(C)(=O)=O. The van der Waals surface area contributed by atoms with Gasteiger partial charge in [-0.1, -0.05) is 26.7 Å². The molecule has 0 aliphatic rings. The first-order chi connectivity index (χ1) is 7.70. The maximum absolute atomic E-state index is 11.2. The van der Waals surface area contributed by atoms with Crippen LogP contribution in [-0.2, 0) is 10.0 Å². The van der Waals surface area contributed by atoms with E-state index in [0.29, 0.717) is 12.6 Å². The van der Waals surface area contributed by atoms with Gasteiger partial charge in [-0.25, -0.2) is 13.1 Å². The van der Waals surface area contributed by atoms with Crippen LogP contribution in [0.1, 0.15) is 53.4 Å². The topological polar surface area (TPSA) is 58.2 Å². The molecule has 0 bridgehead atoms. The highest BCUT2D eigenvalue weighted by Gasteiger charge is 2.22. The molecule has 0 aliphatic heterocycles. The van der Waals surface area contributed by atoms with Crippen LogP contribution >= 0.6 is 0 Å². The van der Waals surface area contributed by atoms with E-state index in [1.807, 2.05) is 13.8 Å². The summed E-state index contributed by atoms with van der Waals surface area (Å²) in [7, 11) is -3.14. The van der Waals surface area contributed by atoms with E-state index in [4.69, 9.17) is 0 Å². The van der Waals surface area contributed by atoms with Crippen molar-refractivity contribution in [3.63, 3.8) is 0 Å². The van der Waals surface area contributed by atoms with Crippen LogP contribution in [0.25, 0.3) is 0 Å². The third kappa shape index (κ3) is 9.56. The summed E-state index contributed by atoms with van der Waals surface area (Å²) < 4.78 is 25.0. The molecule has 0 aromatic heterocycles. The molecule has 0 saturated heterocycles. The molecule has 0 aromatic carbocycles. The smallest absolute Gasteiger partial charge is 0.209 e. The van der Waals surface area contributed by atoms with E-state index in [1.165, 1.54) is 19.1 Å². The van der Waals surface area contributed by atoms with Crippen molar-refractivity contribution >= 4 is 10.0 Å². The highest BCUT2D eigenvalue weighted by atomic mass is 32.2. The van der Waals surface area contributed by atoms with Crippen molar-refractivity contribution in [2.75, 3.05) is 12.8 Å². The highest BCUT2D eigenvalue weighted by Crippen LogP contribution is 2.07. The molecule has 0 heterocycles. The van der Waals surface area contributed by atoms with Gasteiger partial charge >= 0.3 is 0 Å². The van der Waals surface area contributed by atoms with Gasteiger partial charge < -0.3 is 5.32 Å². The van der Waals surface area contributed by atoms with Gasteiger partial charge in [0.1, 0.15) is 0 Å². The Morgan fingerprint density at radius 1 is 1.24 bits per heavy atom. The minimum atomic E-state index is -3.14. The monoisotopic (exact) mass is 264 g/mol. The highest BCUT2D eigenvalue weighted by molar-refractivity contribution is 7.88. The van der Waals surface area contributed by atoms with Crippen LogP contribution in [0.15, 0.2) is 0 Å². The van der Waals surface area contributed by atoms with Gasteiger partial charge in [-0.3, -0.25) is 0 Å². The maximum atomic E-state index is 11.2. The van der Waals surface area contributed by atoms with E-state index in [2.05, 4.69) is 23.9 Å².